The van der Waals surface area contributed by atoms with Crippen molar-refractivity contribution >= 4 is 41.5 Å². The van der Waals surface area contributed by atoms with Gasteiger partial charge in [0.15, 0.2) is 0 Å². The second-order valence-electron chi connectivity index (χ2n) is 12.9. The van der Waals surface area contributed by atoms with Crippen LogP contribution in [-0.2, 0) is 40.0 Å². The Morgan fingerprint density at radius 2 is 1.45 bits per heavy atom. The van der Waals surface area contributed by atoms with Gasteiger partial charge < -0.3 is 53.4 Å². The SMILES string of the molecule is CC(C)C[C@H](NC(=O)[C@H](Cc1ccc(O)cc1)NC(=O)[C@@H]1C/C=C/C[C@H](N)C(=O)N[C@@H](CCC(=O)O)C(=O)N[C@@H](CCCCN)C(=O)N1)C(=O)O. The molecule has 2 rings (SSSR count). The minimum absolute atomic E-state index is 0.0264. The molecular weight excluding hydrogens is 666 g/mol. The summed E-state index contributed by atoms with van der Waals surface area (Å²) in [6.07, 6.45) is 3.18. The molecule has 5 amide bonds. The first-order valence-electron chi connectivity index (χ1n) is 17.0. The van der Waals surface area contributed by atoms with Crippen LogP contribution >= 0.6 is 0 Å². The van der Waals surface area contributed by atoms with Crippen molar-refractivity contribution in [3.8, 4) is 5.75 Å². The van der Waals surface area contributed by atoms with E-state index >= 15 is 0 Å². The number of carbonyl (C=O) groups is 7. The fraction of sp³-hybridized carbons (Fsp3) is 0.559. The van der Waals surface area contributed by atoms with Gasteiger partial charge in [-0.1, -0.05) is 38.1 Å². The maximum atomic E-state index is 13.8. The van der Waals surface area contributed by atoms with Gasteiger partial charge in [-0.15, -0.1) is 0 Å². The first-order chi connectivity index (χ1) is 24.1. The van der Waals surface area contributed by atoms with Gasteiger partial charge in [-0.3, -0.25) is 28.8 Å². The molecule has 0 bridgehead atoms. The van der Waals surface area contributed by atoms with Crippen LogP contribution in [0.1, 0.15) is 70.8 Å². The van der Waals surface area contributed by atoms with Gasteiger partial charge in [-0.05, 0) is 75.1 Å². The number of hydrogen-bond acceptors (Lipinski definition) is 10. The maximum Gasteiger partial charge on any atom is 0.326 e. The Kier molecular flexibility index (Phi) is 17.6. The minimum atomic E-state index is -1.32. The third kappa shape index (κ3) is 15.2. The van der Waals surface area contributed by atoms with Crippen molar-refractivity contribution in [3.05, 3.63) is 42.0 Å². The lowest BCUT2D eigenvalue weighted by atomic mass is 10.0. The highest BCUT2D eigenvalue weighted by atomic mass is 16.4. The summed E-state index contributed by atoms with van der Waals surface area (Å²) in [5, 5.41) is 41.4. The summed E-state index contributed by atoms with van der Waals surface area (Å²) in [7, 11) is 0. The molecule has 0 saturated carbocycles. The Labute approximate surface area is 296 Å². The topological polar surface area (TPSA) is 292 Å². The van der Waals surface area contributed by atoms with Gasteiger partial charge in [-0.25, -0.2) is 4.79 Å². The minimum Gasteiger partial charge on any atom is -0.508 e. The maximum absolute atomic E-state index is 13.8. The van der Waals surface area contributed by atoms with Gasteiger partial charge in [0.1, 0.15) is 36.0 Å². The zero-order chi connectivity index (χ0) is 38.1. The summed E-state index contributed by atoms with van der Waals surface area (Å²) in [6, 6.07) is -1.66. The summed E-state index contributed by atoms with van der Waals surface area (Å²) in [5.41, 5.74) is 12.2. The molecule has 6 atom stereocenters. The average Bonchev–Trinajstić information content (AvgIpc) is 3.06. The molecule has 0 unspecified atom stereocenters. The lowest BCUT2D eigenvalue weighted by Crippen LogP contribution is -2.59. The number of phenols is 1. The van der Waals surface area contributed by atoms with Gasteiger partial charge >= 0.3 is 11.9 Å². The number of nitrogens with one attached hydrogen (secondary N) is 5. The molecule has 0 aromatic heterocycles. The number of benzene rings is 1. The van der Waals surface area contributed by atoms with Crippen molar-refractivity contribution in [1.29, 1.82) is 0 Å². The molecule has 1 aromatic carbocycles. The number of carboxylic acid groups (broad SMARTS) is 2. The second kappa shape index (κ2) is 21.2. The Morgan fingerprint density at radius 3 is 2.06 bits per heavy atom. The molecule has 0 aliphatic carbocycles. The van der Waals surface area contributed by atoms with E-state index in [1.165, 1.54) is 36.4 Å². The molecule has 17 heteroatoms. The lowest BCUT2D eigenvalue weighted by Gasteiger charge is -2.27. The predicted molar refractivity (Wildman–Crippen MR) is 185 cm³/mol. The first kappa shape index (κ1) is 42.1. The zero-order valence-electron chi connectivity index (χ0n) is 28.9. The van der Waals surface area contributed by atoms with Crippen molar-refractivity contribution in [1.82, 2.24) is 26.6 Å². The van der Waals surface area contributed by atoms with Crippen LogP contribution in [0.25, 0.3) is 0 Å². The van der Waals surface area contributed by atoms with Gasteiger partial charge in [0.05, 0.1) is 6.04 Å². The Morgan fingerprint density at radius 1 is 0.843 bits per heavy atom. The molecule has 0 spiro atoms. The number of rotatable bonds is 16. The molecule has 282 valence electrons. The number of unbranched alkanes of at least 4 members (excludes halogenated alkanes) is 1. The van der Waals surface area contributed by atoms with Crippen molar-refractivity contribution in [2.45, 2.75) is 108 Å². The van der Waals surface area contributed by atoms with Gasteiger partial charge in [0.2, 0.25) is 29.5 Å². The molecule has 17 nitrogen and oxygen atoms in total. The van der Waals surface area contributed by atoms with Crippen molar-refractivity contribution in [2.75, 3.05) is 6.54 Å². The largest absolute Gasteiger partial charge is 0.508 e. The fourth-order valence-electron chi connectivity index (χ4n) is 5.25. The average molecular weight is 718 g/mol. The van der Waals surface area contributed by atoms with Crippen molar-refractivity contribution in [2.24, 2.45) is 17.4 Å². The Bertz CT molecular complexity index is 1400. The molecule has 1 aliphatic rings. The van der Waals surface area contributed by atoms with E-state index in [4.69, 9.17) is 11.5 Å². The summed E-state index contributed by atoms with van der Waals surface area (Å²) < 4.78 is 0. The third-order valence-electron chi connectivity index (χ3n) is 8.09. The number of hydrogen-bond donors (Lipinski definition) is 10. The molecule has 0 fully saturated rings. The van der Waals surface area contributed by atoms with Crippen molar-refractivity contribution < 1.29 is 48.9 Å². The molecular formula is C34H51N7O10. The molecule has 0 radical (unpaired) electrons. The monoisotopic (exact) mass is 717 g/mol. The van der Waals surface area contributed by atoms with E-state index in [9.17, 15) is 48.9 Å². The molecule has 12 N–H and O–H groups in total. The molecule has 0 saturated heterocycles. The standard InChI is InChI=1S/C34H51N7O10/c1-19(2)17-27(34(50)51)41-33(49)26(18-20-10-12-21(42)13-11-20)40-31(47)23-8-4-3-7-22(36)29(45)37-25(14-15-28(43)44)32(48)39-24(30(46)38-23)9-5-6-16-35/h3-4,10-13,19,22-27,42H,5-9,14-18,35-36H2,1-2H3,(H,37,45)(H,38,46)(H,39,48)(H,40,47)(H,41,49)(H,43,44)(H,50,51)/b4-3+/t22-,23-,24-,25-,26-,27-/m0/s1. The van der Waals surface area contributed by atoms with Crippen LogP contribution in [0.15, 0.2) is 36.4 Å². The number of carboxylic acids is 2. The van der Waals surface area contributed by atoms with Crippen molar-refractivity contribution in [3.63, 3.8) is 0 Å². The Balaban J connectivity index is 2.45. The van der Waals surface area contributed by atoms with E-state index in [1.54, 1.807) is 13.8 Å². The van der Waals surface area contributed by atoms with Crippen LogP contribution in [0.2, 0.25) is 0 Å². The summed E-state index contributed by atoms with van der Waals surface area (Å²) in [6.45, 7) is 3.89. The van der Waals surface area contributed by atoms with Crippen LogP contribution in [-0.4, -0.2) is 99.6 Å². The van der Waals surface area contributed by atoms with Crippen LogP contribution in [0.5, 0.6) is 5.75 Å². The van der Waals surface area contributed by atoms with Gasteiger partial charge in [-0.2, -0.15) is 0 Å². The summed E-state index contributed by atoms with van der Waals surface area (Å²) in [4.78, 5) is 90.3. The van der Waals surface area contributed by atoms with Crippen LogP contribution in [0.4, 0.5) is 0 Å². The highest BCUT2D eigenvalue weighted by molar-refractivity contribution is 5.96. The zero-order valence-corrected chi connectivity index (χ0v) is 28.9. The van der Waals surface area contributed by atoms with E-state index < -0.39 is 84.1 Å². The number of phenolic OH excluding ortho intramolecular Hbond substituents is 1. The molecule has 51 heavy (non-hydrogen) atoms. The van der Waals surface area contributed by atoms with Gasteiger partial charge in [0, 0.05) is 12.8 Å². The smallest absolute Gasteiger partial charge is 0.326 e. The number of carbonyl (C=O) groups excluding carboxylic acids is 5. The number of amides is 5. The number of aliphatic carboxylic acids is 2. The van der Waals surface area contributed by atoms with Crippen LogP contribution in [0, 0.1) is 5.92 Å². The molecule has 1 aliphatic heterocycles. The fourth-order valence-corrected chi connectivity index (χ4v) is 5.25. The quantitative estimate of drug-likeness (QED) is 0.0740. The summed E-state index contributed by atoms with van der Waals surface area (Å²) >= 11 is 0. The highest BCUT2D eigenvalue weighted by Gasteiger charge is 2.33. The molecule has 1 aromatic rings. The van der Waals surface area contributed by atoms with Crippen LogP contribution in [0.3, 0.4) is 0 Å². The summed E-state index contributed by atoms with van der Waals surface area (Å²) in [5.74, 6) is -6.45. The van der Waals surface area contributed by atoms with E-state index in [-0.39, 0.29) is 50.2 Å². The predicted octanol–water partition coefficient (Wildman–Crippen LogP) is -0.839. The second-order valence-corrected chi connectivity index (χ2v) is 12.9. The first-order valence-corrected chi connectivity index (χ1v) is 17.0. The Hall–Kier alpha value is -5.03. The number of aromatic hydroxyl groups is 1. The van der Waals surface area contributed by atoms with E-state index in [1.807, 2.05) is 0 Å². The van der Waals surface area contributed by atoms with E-state index in [0.29, 0.717) is 24.9 Å². The molecule has 1 heterocycles. The van der Waals surface area contributed by atoms with Crippen LogP contribution < -0.4 is 38.1 Å². The number of nitrogens with two attached hydrogens (primary N) is 2. The highest BCUT2D eigenvalue weighted by Crippen LogP contribution is 2.14. The van der Waals surface area contributed by atoms with E-state index in [2.05, 4.69) is 26.6 Å². The van der Waals surface area contributed by atoms with E-state index in [0.717, 1.165) is 0 Å². The third-order valence-corrected chi connectivity index (χ3v) is 8.09. The lowest BCUT2D eigenvalue weighted by molar-refractivity contribution is -0.142. The normalized spacial score (nSPS) is 21.9. The van der Waals surface area contributed by atoms with Gasteiger partial charge in [0.25, 0.3) is 0 Å².